The molecule has 154 valence electrons. The number of nitrogens with one attached hydrogen (secondary N) is 3. The zero-order valence-electron chi connectivity index (χ0n) is 15.8. The van der Waals surface area contributed by atoms with Crippen molar-refractivity contribution < 1.29 is 13.2 Å². The van der Waals surface area contributed by atoms with Gasteiger partial charge in [0.1, 0.15) is 6.07 Å². The minimum absolute atomic E-state index is 0.0262. The van der Waals surface area contributed by atoms with Gasteiger partial charge in [0.2, 0.25) is 0 Å². The van der Waals surface area contributed by atoms with Gasteiger partial charge in [0.05, 0.1) is 27.2 Å². The highest BCUT2D eigenvalue weighted by atomic mass is 79.9. The molecule has 0 saturated heterocycles. The van der Waals surface area contributed by atoms with Gasteiger partial charge in [-0.3, -0.25) is 14.5 Å². The van der Waals surface area contributed by atoms with Gasteiger partial charge >= 0.3 is 0 Å². The summed E-state index contributed by atoms with van der Waals surface area (Å²) in [6.07, 6.45) is 4.49. The van der Waals surface area contributed by atoms with E-state index < -0.39 is 15.9 Å². The van der Waals surface area contributed by atoms with Crippen molar-refractivity contribution in [1.29, 1.82) is 5.26 Å². The van der Waals surface area contributed by atoms with Crippen LogP contribution in [0.3, 0.4) is 0 Å². The maximum Gasteiger partial charge on any atom is 0.262 e. The highest BCUT2D eigenvalue weighted by Gasteiger charge is 2.18. The number of carbonyl (C=O) groups excluding carboxylic acids is 1. The molecule has 3 N–H and O–H groups in total. The minimum Gasteiger partial charge on any atom is -0.358 e. The zero-order valence-corrected chi connectivity index (χ0v) is 18.2. The van der Waals surface area contributed by atoms with Gasteiger partial charge in [0, 0.05) is 34.1 Å². The first kappa shape index (κ1) is 20.6. The second-order valence-electron chi connectivity index (χ2n) is 6.52. The molecule has 0 fully saturated rings. The number of halogens is 1. The van der Waals surface area contributed by atoms with E-state index in [0.717, 1.165) is 0 Å². The van der Waals surface area contributed by atoms with Gasteiger partial charge in [-0.2, -0.15) is 5.26 Å². The van der Waals surface area contributed by atoms with Crippen LogP contribution in [0.15, 0.2) is 76.5 Å². The third-order valence-electron chi connectivity index (χ3n) is 4.45. The van der Waals surface area contributed by atoms with Crippen molar-refractivity contribution in [3.63, 3.8) is 0 Å². The van der Waals surface area contributed by atoms with E-state index in [-0.39, 0.29) is 4.90 Å². The Balaban J connectivity index is 1.61. The van der Waals surface area contributed by atoms with Gasteiger partial charge in [0.15, 0.2) is 0 Å². The number of pyridine rings is 1. The van der Waals surface area contributed by atoms with E-state index >= 15 is 0 Å². The standard InChI is InChI=1S/C21H14BrN5O3S/c22-15-7-13(10-24-12-15)21(28)26-16-3-1-4-17(8-16)31(29,30)27-19-6-2-5-18-14(9-23)11-25-20(18)19/h1-8,10-12,25,27H,(H,26,28). The van der Waals surface area contributed by atoms with Crippen molar-refractivity contribution in [3.05, 3.63) is 82.7 Å². The number of carbonyl (C=O) groups is 1. The second kappa shape index (κ2) is 8.22. The number of aromatic nitrogens is 2. The maximum atomic E-state index is 13.0. The molecule has 0 unspecified atom stereocenters. The number of amides is 1. The Bertz CT molecular complexity index is 1460. The molecular formula is C21H14BrN5O3S. The number of rotatable bonds is 5. The molecule has 8 nitrogen and oxygen atoms in total. The lowest BCUT2D eigenvalue weighted by atomic mass is 10.2. The maximum absolute atomic E-state index is 13.0. The van der Waals surface area contributed by atoms with E-state index in [1.165, 1.54) is 30.6 Å². The third kappa shape index (κ3) is 4.28. The number of nitriles is 1. The lowest BCUT2D eigenvalue weighted by Crippen LogP contribution is -2.15. The Kier molecular flexibility index (Phi) is 5.46. The lowest BCUT2D eigenvalue weighted by Gasteiger charge is -2.11. The van der Waals surface area contributed by atoms with Crippen LogP contribution in [0.1, 0.15) is 15.9 Å². The zero-order chi connectivity index (χ0) is 22.0. The van der Waals surface area contributed by atoms with Crippen molar-refractivity contribution in [2.75, 3.05) is 10.0 Å². The van der Waals surface area contributed by atoms with Crippen LogP contribution in [0.25, 0.3) is 10.9 Å². The van der Waals surface area contributed by atoms with E-state index in [9.17, 15) is 18.5 Å². The summed E-state index contributed by atoms with van der Waals surface area (Å²) in [5.41, 5.74) is 1.89. The van der Waals surface area contributed by atoms with Crippen molar-refractivity contribution in [2.45, 2.75) is 4.90 Å². The van der Waals surface area contributed by atoms with Crippen LogP contribution in [0.2, 0.25) is 0 Å². The number of anilines is 2. The molecule has 2 aromatic heterocycles. The number of para-hydroxylation sites is 1. The number of hydrogen-bond donors (Lipinski definition) is 3. The highest BCUT2D eigenvalue weighted by molar-refractivity contribution is 9.10. The lowest BCUT2D eigenvalue weighted by molar-refractivity contribution is 0.102. The number of aromatic amines is 1. The number of sulfonamides is 1. The van der Waals surface area contributed by atoms with E-state index in [2.05, 4.69) is 42.0 Å². The molecule has 0 aliphatic carbocycles. The Hall–Kier alpha value is -3.68. The van der Waals surface area contributed by atoms with Crippen molar-refractivity contribution in [1.82, 2.24) is 9.97 Å². The summed E-state index contributed by atoms with van der Waals surface area (Å²) >= 11 is 3.26. The number of nitrogens with zero attached hydrogens (tertiary/aromatic N) is 2. The van der Waals surface area contributed by atoms with Gasteiger partial charge in [0.25, 0.3) is 15.9 Å². The molecule has 0 aliphatic rings. The number of benzene rings is 2. The molecule has 4 aromatic rings. The van der Waals surface area contributed by atoms with Crippen LogP contribution in [-0.4, -0.2) is 24.3 Å². The van der Waals surface area contributed by atoms with Crippen LogP contribution in [0.5, 0.6) is 0 Å². The molecule has 0 aliphatic heterocycles. The third-order valence-corrected chi connectivity index (χ3v) is 6.25. The van der Waals surface area contributed by atoms with Gasteiger partial charge in [-0.25, -0.2) is 8.42 Å². The fourth-order valence-electron chi connectivity index (χ4n) is 3.02. The first-order chi connectivity index (χ1) is 14.9. The van der Waals surface area contributed by atoms with Crippen LogP contribution < -0.4 is 10.0 Å². The molecule has 0 bridgehead atoms. The van der Waals surface area contributed by atoms with E-state index in [0.29, 0.717) is 37.9 Å². The first-order valence-electron chi connectivity index (χ1n) is 8.92. The average molecular weight is 496 g/mol. The molecule has 2 aromatic carbocycles. The monoisotopic (exact) mass is 495 g/mol. The molecule has 4 rings (SSSR count). The van der Waals surface area contributed by atoms with E-state index in [1.807, 2.05) is 0 Å². The molecule has 2 heterocycles. The summed E-state index contributed by atoms with van der Waals surface area (Å²) in [5.74, 6) is -0.420. The van der Waals surface area contributed by atoms with Gasteiger partial charge in [-0.15, -0.1) is 0 Å². The number of fused-ring (bicyclic) bond motifs is 1. The van der Waals surface area contributed by atoms with Crippen molar-refractivity contribution in [3.8, 4) is 6.07 Å². The van der Waals surface area contributed by atoms with Gasteiger partial charge in [-0.05, 0) is 46.3 Å². The summed E-state index contributed by atoms with van der Waals surface area (Å²) in [7, 11) is -3.96. The molecule has 0 radical (unpaired) electrons. The molecule has 0 atom stereocenters. The SMILES string of the molecule is N#Cc1c[nH]c2c(NS(=O)(=O)c3cccc(NC(=O)c4cncc(Br)c4)c3)cccc12. The van der Waals surface area contributed by atoms with Gasteiger partial charge < -0.3 is 10.3 Å². The van der Waals surface area contributed by atoms with Crippen LogP contribution in [0.4, 0.5) is 11.4 Å². The fraction of sp³-hybridized carbons (Fsp3) is 0. The van der Waals surface area contributed by atoms with Crippen LogP contribution in [-0.2, 0) is 10.0 Å². The van der Waals surface area contributed by atoms with E-state index in [1.54, 1.807) is 36.5 Å². The Morgan fingerprint density at radius 2 is 1.94 bits per heavy atom. The minimum atomic E-state index is -3.96. The topological polar surface area (TPSA) is 128 Å². The Labute approximate surface area is 186 Å². The molecule has 0 saturated carbocycles. The summed E-state index contributed by atoms with van der Waals surface area (Å²) in [5, 5.41) is 12.5. The normalized spacial score (nSPS) is 11.1. The van der Waals surface area contributed by atoms with Crippen molar-refractivity contribution >= 4 is 54.1 Å². The number of hydrogen-bond acceptors (Lipinski definition) is 5. The quantitative estimate of drug-likeness (QED) is 0.381. The summed E-state index contributed by atoms with van der Waals surface area (Å²) in [6.45, 7) is 0. The summed E-state index contributed by atoms with van der Waals surface area (Å²) in [6, 6.07) is 14.6. The summed E-state index contributed by atoms with van der Waals surface area (Å²) < 4.78 is 29.1. The smallest absolute Gasteiger partial charge is 0.262 e. The second-order valence-corrected chi connectivity index (χ2v) is 9.12. The molecule has 1 amide bonds. The predicted molar refractivity (Wildman–Crippen MR) is 120 cm³/mol. The molecule has 31 heavy (non-hydrogen) atoms. The van der Waals surface area contributed by atoms with Crippen LogP contribution >= 0.6 is 15.9 Å². The van der Waals surface area contributed by atoms with E-state index in [4.69, 9.17) is 0 Å². The van der Waals surface area contributed by atoms with Crippen molar-refractivity contribution in [2.24, 2.45) is 0 Å². The summed E-state index contributed by atoms with van der Waals surface area (Å²) in [4.78, 5) is 19.3. The Morgan fingerprint density at radius 1 is 1.13 bits per heavy atom. The molecular weight excluding hydrogens is 482 g/mol. The Morgan fingerprint density at radius 3 is 2.71 bits per heavy atom. The molecule has 10 heteroatoms. The molecule has 0 spiro atoms. The highest BCUT2D eigenvalue weighted by Crippen LogP contribution is 2.27. The number of H-pyrrole nitrogens is 1. The fourth-order valence-corrected chi connectivity index (χ4v) is 4.50. The first-order valence-corrected chi connectivity index (χ1v) is 11.2. The van der Waals surface area contributed by atoms with Gasteiger partial charge in [-0.1, -0.05) is 18.2 Å². The average Bonchev–Trinajstić information content (AvgIpc) is 3.18. The predicted octanol–water partition coefficient (Wildman–Crippen LogP) is 4.25. The largest absolute Gasteiger partial charge is 0.358 e. The van der Waals surface area contributed by atoms with Crippen LogP contribution in [0, 0.1) is 11.3 Å².